The average Bonchev–Trinajstić information content (AvgIpc) is 2.30. The number of rotatable bonds is 5. The number of ether oxygens (including phenoxy) is 1. The third-order valence-electron chi connectivity index (χ3n) is 2.22. The van der Waals surface area contributed by atoms with Gasteiger partial charge in [0.25, 0.3) is 0 Å². The van der Waals surface area contributed by atoms with E-state index < -0.39 is 0 Å². The number of aryl methyl sites for hydroxylation is 1. The van der Waals surface area contributed by atoms with Crippen LogP contribution in [0.5, 0.6) is 0 Å². The number of nitrogens with two attached hydrogens (primary N) is 2. The van der Waals surface area contributed by atoms with Gasteiger partial charge < -0.3 is 10.5 Å². The molecule has 0 bridgehead atoms. The smallest absolute Gasteiger partial charge is 0.249 e. The molecule has 94 valence electrons. The normalized spacial score (nSPS) is 12.2. The van der Waals surface area contributed by atoms with E-state index in [1.807, 2.05) is 19.1 Å². The Morgan fingerprint density at radius 1 is 1.59 bits per heavy atom. The number of hydrogen-bond acceptors (Lipinski definition) is 5. The molecule has 1 unspecified atom stereocenters. The van der Waals surface area contributed by atoms with Gasteiger partial charge in [0.05, 0.1) is 6.61 Å². The lowest BCUT2D eigenvalue weighted by Gasteiger charge is -2.15. The van der Waals surface area contributed by atoms with Crippen LogP contribution < -0.4 is 17.0 Å². The lowest BCUT2D eigenvalue weighted by atomic mass is 10.2. The summed E-state index contributed by atoms with van der Waals surface area (Å²) < 4.78 is 5.00. The van der Waals surface area contributed by atoms with Crippen molar-refractivity contribution in [2.45, 2.75) is 17.1 Å². The van der Waals surface area contributed by atoms with Crippen LogP contribution in [-0.2, 0) is 9.53 Å². The lowest BCUT2D eigenvalue weighted by Crippen LogP contribution is -2.39. The zero-order valence-corrected chi connectivity index (χ0v) is 10.7. The van der Waals surface area contributed by atoms with Crippen molar-refractivity contribution in [3.8, 4) is 0 Å². The predicted octanol–water partition coefficient (Wildman–Crippen LogP) is 0.674. The highest BCUT2D eigenvalue weighted by molar-refractivity contribution is 8.00. The molecule has 0 radical (unpaired) electrons. The van der Waals surface area contributed by atoms with Crippen LogP contribution in [0.1, 0.15) is 5.56 Å². The first-order valence-corrected chi connectivity index (χ1v) is 5.98. The van der Waals surface area contributed by atoms with Gasteiger partial charge in [-0.05, 0) is 30.7 Å². The summed E-state index contributed by atoms with van der Waals surface area (Å²) >= 11 is 1.41. The number of carbonyl (C=O) groups is 1. The zero-order valence-electron chi connectivity index (χ0n) is 9.90. The number of thioether (sulfide) groups is 1. The maximum Gasteiger partial charge on any atom is 0.249 e. The monoisotopic (exact) mass is 255 g/mol. The Balaban J connectivity index is 2.82. The van der Waals surface area contributed by atoms with Crippen LogP contribution >= 0.6 is 11.8 Å². The number of amides is 1. The van der Waals surface area contributed by atoms with Crippen molar-refractivity contribution >= 4 is 23.4 Å². The Kier molecular flexibility index (Phi) is 5.27. The number of hydrogen-bond donors (Lipinski definition) is 3. The lowest BCUT2D eigenvalue weighted by molar-refractivity contribution is -0.121. The number of carbonyl (C=O) groups excluding carboxylic acids is 1. The highest BCUT2D eigenvalue weighted by Crippen LogP contribution is 2.28. The summed E-state index contributed by atoms with van der Waals surface area (Å²) in [6.07, 6.45) is 0. The maximum atomic E-state index is 11.5. The van der Waals surface area contributed by atoms with Gasteiger partial charge in [-0.2, -0.15) is 0 Å². The van der Waals surface area contributed by atoms with Gasteiger partial charge in [-0.15, -0.1) is 11.8 Å². The van der Waals surface area contributed by atoms with Gasteiger partial charge >= 0.3 is 0 Å². The zero-order chi connectivity index (χ0) is 12.8. The van der Waals surface area contributed by atoms with E-state index in [0.29, 0.717) is 12.3 Å². The third-order valence-corrected chi connectivity index (χ3v) is 3.57. The molecule has 0 aliphatic rings. The molecule has 0 saturated carbocycles. The number of benzene rings is 1. The van der Waals surface area contributed by atoms with Crippen LogP contribution in [0.3, 0.4) is 0 Å². The summed E-state index contributed by atoms with van der Waals surface area (Å²) in [6, 6.07) is 5.56. The van der Waals surface area contributed by atoms with E-state index >= 15 is 0 Å². The van der Waals surface area contributed by atoms with Gasteiger partial charge in [0.15, 0.2) is 0 Å². The first-order valence-electron chi connectivity index (χ1n) is 5.10. The number of methoxy groups -OCH3 is 1. The van der Waals surface area contributed by atoms with Crippen LogP contribution in [0.25, 0.3) is 0 Å². The molecule has 1 atom stereocenters. The van der Waals surface area contributed by atoms with E-state index in [-0.39, 0.29) is 11.2 Å². The molecule has 17 heavy (non-hydrogen) atoms. The quantitative estimate of drug-likeness (QED) is 0.236. The average molecular weight is 255 g/mol. The van der Waals surface area contributed by atoms with Crippen LogP contribution in [0.2, 0.25) is 0 Å². The van der Waals surface area contributed by atoms with E-state index in [4.69, 9.17) is 16.3 Å². The fourth-order valence-electron chi connectivity index (χ4n) is 1.37. The minimum atomic E-state index is -0.368. The van der Waals surface area contributed by atoms with E-state index in [9.17, 15) is 4.79 Å². The molecule has 0 spiro atoms. The van der Waals surface area contributed by atoms with Crippen molar-refractivity contribution in [1.29, 1.82) is 0 Å². The summed E-state index contributed by atoms with van der Waals surface area (Å²) in [7, 11) is 1.55. The molecule has 0 fully saturated rings. The van der Waals surface area contributed by atoms with Crippen molar-refractivity contribution in [2.75, 3.05) is 19.5 Å². The summed E-state index contributed by atoms with van der Waals surface area (Å²) in [4.78, 5) is 12.5. The molecule has 5 N–H and O–H groups in total. The van der Waals surface area contributed by atoms with Crippen molar-refractivity contribution in [1.82, 2.24) is 5.43 Å². The molecule has 0 aliphatic carbocycles. The first kappa shape index (κ1) is 13.8. The molecule has 0 saturated heterocycles. The highest BCUT2D eigenvalue weighted by Gasteiger charge is 2.19. The predicted molar refractivity (Wildman–Crippen MR) is 69.4 cm³/mol. The second kappa shape index (κ2) is 6.48. The van der Waals surface area contributed by atoms with Crippen molar-refractivity contribution < 1.29 is 9.53 Å². The summed E-state index contributed by atoms with van der Waals surface area (Å²) in [5.41, 5.74) is 9.54. The van der Waals surface area contributed by atoms with E-state index in [1.165, 1.54) is 11.8 Å². The number of nitrogen functional groups attached to an aromatic ring is 1. The second-order valence-corrected chi connectivity index (χ2v) is 4.84. The van der Waals surface area contributed by atoms with Gasteiger partial charge in [0.1, 0.15) is 5.25 Å². The number of hydrazine groups is 1. The minimum Gasteiger partial charge on any atom is -0.399 e. The van der Waals surface area contributed by atoms with Crippen LogP contribution in [0, 0.1) is 6.92 Å². The van der Waals surface area contributed by atoms with Gasteiger partial charge in [-0.25, -0.2) is 5.84 Å². The SMILES string of the molecule is COCC(Sc1ccc(N)cc1C)C(=O)NN. The third kappa shape index (κ3) is 3.92. The standard InChI is InChI=1S/C11H17N3O2S/c1-7-5-8(12)3-4-9(7)17-10(6-16-2)11(15)14-13/h3-5,10H,6,12-13H2,1-2H3,(H,14,15). The Hall–Kier alpha value is -1.24. The minimum absolute atomic E-state index is 0.256. The van der Waals surface area contributed by atoms with Crippen molar-refractivity contribution in [3.63, 3.8) is 0 Å². The second-order valence-electron chi connectivity index (χ2n) is 3.60. The maximum absolute atomic E-state index is 11.5. The number of nitrogens with one attached hydrogen (secondary N) is 1. The largest absolute Gasteiger partial charge is 0.399 e. The molecule has 1 rings (SSSR count). The molecule has 6 heteroatoms. The topological polar surface area (TPSA) is 90.4 Å². The summed E-state index contributed by atoms with van der Waals surface area (Å²) in [5, 5.41) is -0.368. The Labute approximate surface area is 105 Å². The van der Waals surface area contributed by atoms with E-state index in [1.54, 1.807) is 13.2 Å². The van der Waals surface area contributed by atoms with Gasteiger partial charge in [0.2, 0.25) is 5.91 Å². The van der Waals surface area contributed by atoms with Crippen LogP contribution in [-0.4, -0.2) is 24.9 Å². The molecule has 1 aromatic carbocycles. The summed E-state index contributed by atoms with van der Waals surface area (Å²) in [5.74, 6) is 4.87. The van der Waals surface area contributed by atoms with Crippen LogP contribution in [0.4, 0.5) is 5.69 Å². The van der Waals surface area contributed by atoms with Crippen LogP contribution in [0.15, 0.2) is 23.1 Å². The fourth-order valence-corrected chi connectivity index (χ4v) is 2.44. The molecule has 1 aromatic rings. The number of anilines is 1. The van der Waals surface area contributed by atoms with Gasteiger partial charge in [0, 0.05) is 17.7 Å². The molecule has 5 nitrogen and oxygen atoms in total. The fraction of sp³-hybridized carbons (Fsp3) is 0.364. The highest BCUT2D eigenvalue weighted by atomic mass is 32.2. The Morgan fingerprint density at radius 2 is 2.29 bits per heavy atom. The molecule has 1 amide bonds. The Bertz CT molecular complexity index is 398. The first-order chi connectivity index (χ1) is 8.08. The summed E-state index contributed by atoms with van der Waals surface area (Å²) in [6.45, 7) is 2.25. The van der Waals surface area contributed by atoms with E-state index in [0.717, 1.165) is 10.5 Å². The Morgan fingerprint density at radius 3 is 2.82 bits per heavy atom. The van der Waals surface area contributed by atoms with Crippen molar-refractivity contribution in [2.24, 2.45) is 5.84 Å². The molecule has 0 heterocycles. The molecule has 0 aromatic heterocycles. The van der Waals surface area contributed by atoms with Gasteiger partial charge in [-0.1, -0.05) is 0 Å². The van der Waals surface area contributed by atoms with Gasteiger partial charge in [-0.3, -0.25) is 10.2 Å². The molecular weight excluding hydrogens is 238 g/mol. The molecule has 0 aliphatic heterocycles. The molecular formula is C11H17N3O2S. The van der Waals surface area contributed by atoms with Crippen molar-refractivity contribution in [3.05, 3.63) is 23.8 Å². The van der Waals surface area contributed by atoms with E-state index in [2.05, 4.69) is 5.43 Å².